The molecule has 4 heteroatoms. The molecule has 0 unspecified atom stereocenters. The highest BCUT2D eigenvalue weighted by molar-refractivity contribution is 5.94. The van der Waals surface area contributed by atoms with E-state index in [4.69, 9.17) is 5.73 Å². The van der Waals surface area contributed by atoms with Crippen LogP contribution in [0.4, 0.5) is 4.39 Å². The highest BCUT2D eigenvalue weighted by atomic mass is 19.1. The van der Waals surface area contributed by atoms with Crippen LogP contribution < -0.4 is 5.73 Å². The topological polar surface area (TPSA) is 56.0 Å². The van der Waals surface area contributed by atoms with Crippen LogP contribution in [-0.2, 0) is 0 Å². The molecule has 2 N–H and O–H groups in total. The van der Waals surface area contributed by atoms with E-state index < -0.39 is 0 Å². The first-order valence-electron chi connectivity index (χ1n) is 9.06. The maximum Gasteiger partial charge on any atom is 0.248 e. The Morgan fingerprint density at radius 3 is 2.38 bits per heavy atom. The summed E-state index contributed by atoms with van der Waals surface area (Å²) in [5.74, 6) is 0.147. The van der Waals surface area contributed by atoms with Crippen LogP contribution in [0.15, 0.2) is 54.7 Å². The van der Waals surface area contributed by atoms with Gasteiger partial charge in [-0.25, -0.2) is 4.39 Å². The Morgan fingerprint density at radius 1 is 0.962 bits per heavy atom. The van der Waals surface area contributed by atoms with Crippen molar-refractivity contribution < 1.29 is 9.18 Å². The zero-order valence-electron chi connectivity index (χ0n) is 14.5. The van der Waals surface area contributed by atoms with Crippen molar-refractivity contribution in [2.24, 2.45) is 5.73 Å². The van der Waals surface area contributed by atoms with Crippen LogP contribution in [0.1, 0.15) is 59.0 Å². The summed E-state index contributed by atoms with van der Waals surface area (Å²) >= 11 is 0. The molecule has 0 spiro atoms. The first-order valence-corrected chi connectivity index (χ1v) is 9.06. The van der Waals surface area contributed by atoms with Gasteiger partial charge < -0.3 is 5.73 Å². The van der Waals surface area contributed by atoms with Gasteiger partial charge in [-0.15, -0.1) is 0 Å². The van der Waals surface area contributed by atoms with E-state index >= 15 is 0 Å². The van der Waals surface area contributed by atoms with Crippen molar-refractivity contribution in [3.8, 4) is 0 Å². The van der Waals surface area contributed by atoms with E-state index in [0.29, 0.717) is 17.4 Å². The molecular formula is C22H21FN2O. The third kappa shape index (κ3) is 3.07. The molecule has 26 heavy (non-hydrogen) atoms. The van der Waals surface area contributed by atoms with E-state index in [0.717, 1.165) is 42.1 Å². The minimum absolute atomic E-state index is 0.226. The fourth-order valence-electron chi connectivity index (χ4n) is 4.29. The van der Waals surface area contributed by atoms with Crippen molar-refractivity contribution in [3.05, 3.63) is 77.2 Å². The highest BCUT2D eigenvalue weighted by Crippen LogP contribution is 2.42. The van der Waals surface area contributed by atoms with Gasteiger partial charge >= 0.3 is 0 Å². The number of halogens is 1. The van der Waals surface area contributed by atoms with Crippen molar-refractivity contribution in [2.45, 2.75) is 37.5 Å². The number of pyridine rings is 1. The fraction of sp³-hybridized carbons (Fsp3) is 0.273. The van der Waals surface area contributed by atoms with E-state index in [1.54, 1.807) is 12.1 Å². The summed E-state index contributed by atoms with van der Waals surface area (Å²) in [7, 11) is 0. The van der Waals surface area contributed by atoms with Crippen LogP contribution in [0.25, 0.3) is 10.9 Å². The maximum atomic E-state index is 13.7. The number of fused-ring (bicyclic) bond motifs is 1. The number of carbonyl (C=O) groups is 1. The minimum atomic E-state index is -0.363. The second-order valence-corrected chi connectivity index (χ2v) is 7.06. The number of primary amides is 1. The molecule has 1 aromatic heterocycles. The summed E-state index contributed by atoms with van der Waals surface area (Å²) in [5.41, 5.74) is 9.24. The smallest absolute Gasteiger partial charge is 0.248 e. The summed E-state index contributed by atoms with van der Waals surface area (Å²) < 4.78 is 13.7. The first kappa shape index (κ1) is 16.7. The quantitative estimate of drug-likeness (QED) is 0.731. The van der Waals surface area contributed by atoms with Crippen molar-refractivity contribution >= 4 is 16.8 Å². The summed E-state index contributed by atoms with van der Waals surface area (Å²) in [6.07, 6.45) is 5.81. The lowest BCUT2D eigenvalue weighted by atomic mass is 9.74. The Balaban J connectivity index is 1.58. The molecule has 132 valence electrons. The number of nitrogens with two attached hydrogens (primary N) is 1. The van der Waals surface area contributed by atoms with Gasteiger partial charge in [-0.3, -0.25) is 9.78 Å². The molecule has 2 aromatic carbocycles. The second kappa shape index (κ2) is 6.87. The zero-order chi connectivity index (χ0) is 18.1. The van der Waals surface area contributed by atoms with Crippen molar-refractivity contribution in [3.63, 3.8) is 0 Å². The monoisotopic (exact) mass is 348 g/mol. The number of nitrogens with zero attached hydrogens (tertiary/aromatic N) is 1. The van der Waals surface area contributed by atoms with Crippen LogP contribution in [0.5, 0.6) is 0 Å². The van der Waals surface area contributed by atoms with E-state index in [9.17, 15) is 9.18 Å². The summed E-state index contributed by atoms with van der Waals surface area (Å²) in [5, 5.41) is 0.911. The molecule has 1 heterocycles. The molecule has 1 fully saturated rings. The molecule has 1 aliphatic carbocycles. The molecule has 0 saturated heterocycles. The Labute approximate surface area is 152 Å². The number of aromatic nitrogens is 1. The number of carbonyl (C=O) groups excluding carboxylic acids is 1. The molecule has 1 saturated carbocycles. The average molecular weight is 348 g/mol. The summed E-state index contributed by atoms with van der Waals surface area (Å²) in [6, 6.07) is 14.4. The Bertz CT molecular complexity index is 961. The third-order valence-corrected chi connectivity index (χ3v) is 5.57. The van der Waals surface area contributed by atoms with Crippen molar-refractivity contribution in [1.82, 2.24) is 4.98 Å². The predicted octanol–water partition coefficient (Wildman–Crippen LogP) is 4.91. The lowest BCUT2D eigenvalue weighted by Crippen LogP contribution is -2.18. The zero-order valence-corrected chi connectivity index (χ0v) is 14.5. The van der Waals surface area contributed by atoms with Crippen LogP contribution in [0.2, 0.25) is 0 Å². The molecule has 0 radical (unpaired) electrons. The van der Waals surface area contributed by atoms with Crippen LogP contribution in [-0.4, -0.2) is 10.9 Å². The van der Waals surface area contributed by atoms with Gasteiger partial charge in [0.2, 0.25) is 5.91 Å². The van der Waals surface area contributed by atoms with Crippen LogP contribution in [0.3, 0.4) is 0 Å². The third-order valence-electron chi connectivity index (χ3n) is 5.57. The van der Waals surface area contributed by atoms with E-state index in [-0.39, 0.29) is 11.7 Å². The van der Waals surface area contributed by atoms with E-state index in [1.165, 1.54) is 11.6 Å². The summed E-state index contributed by atoms with van der Waals surface area (Å²) in [6.45, 7) is 0. The first-order chi connectivity index (χ1) is 12.6. The Hall–Kier alpha value is -2.75. The van der Waals surface area contributed by atoms with Gasteiger partial charge in [-0.2, -0.15) is 0 Å². The average Bonchev–Trinajstić information content (AvgIpc) is 2.67. The van der Waals surface area contributed by atoms with E-state index in [2.05, 4.69) is 4.98 Å². The van der Waals surface area contributed by atoms with Gasteiger partial charge in [-0.05, 0) is 79.0 Å². The predicted molar refractivity (Wildman–Crippen MR) is 101 cm³/mol. The summed E-state index contributed by atoms with van der Waals surface area (Å²) in [4.78, 5) is 16.1. The van der Waals surface area contributed by atoms with Gasteiger partial charge in [0, 0.05) is 17.1 Å². The van der Waals surface area contributed by atoms with Gasteiger partial charge in [0.1, 0.15) is 5.82 Å². The maximum absolute atomic E-state index is 13.7. The van der Waals surface area contributed by atoms with Crippen molar-refractivity contribution in [1.29, 1.82) is 0 Å². The molecule has 3 nitrogen and oxygen atoms in total. The lowest BCUT2D eigenvalue weighted by molar-refractivity contribution is 0.0998. The molecule has 0 atom stereocenters. The minimum Gasteiger partial charge on any atom is -0.366 e. The SMILES string of the molecule is NC(=O)c1ccccc1C1CCC(c2ccnc3ccc(F)cc23)CC1. The van der Waals surface area contributed by atoms with Crippen molar-refractivity contribution in [2.75, 3.05) is 0 Å². The Kier molecular flexibility index (Phi) is 4.41. The molecule has 3 aromatic rings. The normalized spacial score (nSPS) is 20.2. The second-order valence-electron chi connectivity index (χ2n) is 7.06. The van der Waals surface area contributed by atoms with Gasteiger partial charge in [0.25, 0.3) is 0 Å². The fourth-order valence-corrected chi connectivity index (χ4v) is 4.29. The molecule has 0 bridgehead atoms. The number of hydrogen-bond donors (Lipinski definition) is 1. The highest BCUT2D eigenvalue weighted by Gasteiger charge is 2.26. The van der Waals surface area contributed by atoms with Gasteiger partial charge in [-0.1, -0.05) is 18.2 Å². The van der Waals surface area contributed by atoms with Gasteiger partial charge in [0.05, 0.1) is 5.52 Å². The molecule has 1 aliphatic rings. The largest absolute Gasteiger partial charge is 0.366 e. The van der Waals surface area contributed by atoms with E-state index in [1.807, 2.05) is 36.5 Å². The molecule has 4 rings (SSSR count). The number of amides is 1. The standard InChI is InChI=1S/C22H21FN2O/c23-16-9-10-21-20(13-16)18(11-12-25-21)15-7-5-14(6-8-15)17-3-1-2-4-19(17)22(24)26/h1-4,9-15H,5-8H2,(H2,24,26). The van der Waals surface area contributed by atoms with Gasteiger partial charge in [0.15, 0.2) is 0 Å². The van der Waals surface area contributed by atoms with Crippen LogP contribution >= 0.6 is 0 Å². The Morgan fingerprint density at radius 2 is 1.65 bits per heavy atom. The lowest BCUT2D eigenvalue weighted by Gasteiger charge is -2.30. The molecular weight excluding hydrogens is 327 g/mol. The molecule has 0 aliphatic heterocycles. The van der Waals surface area contributed by atoms with Crippen LogP contribution in [0, 0.1) is 5.82 Å². The molecule has 1 amide bonds. The number of rotatable bonds is 3. The number of benzene rings is 2. The number of hydrogen-bond acceptors (Lipinski definition) is 2.